The van der Waals surface area contributed by atoms with E-state index in [4.69, 9.17) is 10.5 Å². The quantitative estimate of drug-likeness (QED) is 0.847. The van der Waals surface area contributed by atoms with Gasteiger partial charge in [0.15, 0.2) is 0 Å². The molecule has 1 saturated carbocycles. The van der Waals surface area contributed by atoms with Crippen LogP contribution in [0.3, 0.4) is 0 Å². The van der Waals surface area contributed by atoms with E-state index in [-0.39, 0.29) is 12.0 Å². The van der Waals surface area contributed by atoms with Crippen molar-refractivity contribution in [1.29, 1.82) is 0 Å². The second kappa shape index (κ2) is 5.61. The molecular formula is C15H22N2O2. The zero-order valence-corrected chi connectivity index (χ0v) is 11.6. The van der Waals surface area contributed by atoms with E-state index in [1.54, 1.807) is 7.05 Å². The van der Waals surface area contributed by atoms with Gasteiger partial charge in [0, 0.05) is 6.42 Å². The van der Waals surface area contributed by atoms with Crippen LogP contribution in [0.15, 0.2) is 24.3 Å². The lowest BCUT2D eigenvalue weighted by molar-refractivity contribution is -0.124. The molecule has 1 aliphatic carbocycles. The molecule has 4 heteroatoms. The Kier molecular flexibility index (Phi) is 4.10. The summed E-state index contributed by atoms with van der Waals surface area (Å²) in [5.41, 5.74) is 6.17. The second-order valence-corrected chi connectivity index (χ2v) is 5.18. The van der Waals surface area contributed by atoms with Crippen molar-refractivity contribution >= 4 is 5.91 Å². The Labute approximate surface area is 114 Å². The van der Waals surface area contributed by atoms with Crippen molar-refractivity contribution in [2.24, 2.45) is 5.73 Å². The lowest BCUT2D eigenvalue weighted by Gasteiger charge is -2.24. The summed E-state index contributed by atoms with van der Waals surface area (Å²) >= 11 is 0. The molecule has 19 heavy (non-hydrogen) atoms. The van der Waals surface area contributed by atoms with Crippen LogP contribution >= 0.6 is 0 Å². The number of hydrogen-bond acceptors (Lipinski definition) is 3. The zero-order valence-electron chi connectivity index (χ0n) is 11.6. The number of carbonyl (C=O) groups excluding carboxylic acids is 1. The monoisotopic (exact) mass is 262 g/mol. The molecule has 2 atom stereocenters. The number of aryl methyl sites for hydroxylation is 1. The van der Waals surface area contributed by atoms with Gasteiger partial charge in [-0.1, -0.05) is 19.1 Å². The molecule has 0 spiro atoms. The first-order valence-electron chi connectivity index (χ1n) is 6.84. The van der Waals surface area contributed by atoms with Gasteiger partial charge in [0.25, 0.3) is 0 Å². The average molecular weight is 262 g/mol. The summed E-state index contributed by atoms with van der Waals surface area (Å²) in [7, 11) is 1.78. The molecule has 3 N–H and O–H groups in total. The van der Waals surface area contributed by atoms with Gasteiger partial charge in [0.05, 0.1) is 0 Å². The Morgan fingerprint density at radius 1 is 1.47 bits per heavy atom. The minimum absolute atomic E-state index is 0.0485. The van der Waals surface area contributed by atoms with Crippen LogP contribution in [0.1, 0.15) is 31.7 Å². The van der Waals surface area contributed by atoms with Gasteiger partial charge in [-0.3, -0.25) is 4.79 Å². The maximum absolute atomic E-state index is 11.5. The number of likely N-dealkylation sites (N-methyl/N-ethyl adjacent to an activating group) is 1. The molecule has 1 aromatic carbocycles. The van der Waals surface area contributed by atoms with Gasteiger partial charge in [-0.25, -0.2) is 0 Å². The number of amides is 1. The maximum atomic E-state index is 11.5. The van der Waals surface area contributed by atoms with E-state index in [9.17, 15) is 4.79 Å². The Morgan fingerprint density at radius 2 is 2.16 bits per heavy atom. The molecular weight excluding hydrogens is 240 g/mol. The van der Waals surface area contributed by atoms with Crippen LogP contribution in [-0.4, -0.2) is 24.6 Å². The number of benzene rings is 1. The minimum atomic E-state index is -0.603. The van der Waals surface area contributed by atoms with Gasteiger partial charge >= 0.3 is 0 Å². The topological polar surface area (TPSA) is 64.3 Å². The lowest BCUT2D eigenvalue weighted by Crippen LogP contribution is -2.52. The number of primary amides is 1. The fraction of sp³-hybridized carbons (Fsp3) is 0.533. The van der Waals surface area contributed by atoms with E-state index >= 15 is 0 Å². The summed E-state index contributed by atoms with van der Waals surface area (Å²) in [5, 5.41) is 3.06. The summed E-state index contributed by atoms with van der Waals surface area (Å²) in [4.78, 5) is 11.5. The highest BCUT2D eigenvalue weighted by molar-refractivity contribution is 5.85. The first kappa shape index (κ1) is 13.9. The summed E-state index contributed by atoms with van der Waals surface area (Å²) in [6.07, 6.45) is 3.28. The van der Waals surface area contributed by atoms with Gasteiger partial charge in [0.1, 0.15) is 17.4 Å². The van der Waals surface area contributed by atoms with Crippen LogP contribution in [0.4, 0.5) is 0 Å². The highest BCUT2D eigenvalue weighted by Crippen LogP contribution is 2.32. The van der Waals surface area contributed by atoms with E-state index in [1.807, 2.05) is 12.1 Å². The molecule has 0 saturated heterocycles. The molecule has 0 aliphatic heterocycles. The van der Waals surface area contributed by atoms with Crippen molar-refractivity contribution < 1.29 is 9.53 Å². The first-order valence-corrected chi connectivity index (χ1v) is 6.84. The standard InChI is InChI=1S/C15H22N2O2/c1-3-11-4-6-12(7-5-11)19-13-8-9-15(10-13,17-2)14(16)18/h4-7,13,17H,3,8-10H2,1-2H3,(H2,16,18). The average Bonchev–Trinajstić information content (AvgIpc) is 2.84. The normalized spacial score (nSPS) is 26.3. The van der Waals surface area contributed by atoms with Crippen LogP contribution in [0, 0.1) is 0 Å². The molecule has 0 heterocycles. The second-order valence-electron chi connectivity index (χ2n) is 5.18. The highest BCUT2D eigenvalue weighted by Gasteiger charge is 2.43. The van der Waals surface area contributed by atoms with E-state index in [1.165, 1.54) is 5.56 Å². The molecule has 1 amide bonds. The summed E-state index contributed by atoms with van der Waals surface area (Å²) in [5.74, 6) is 0.570. The Balaban J connectivity index is 1.99. The maximum Gasteiger partial charge on any atom is 0.237 e. The van der Waals surface area contributed by atoms with E-state index in [0.717, 1.165) is 25.0 Å². The molecule has 104 valence electrons. The van der Waals surface area contributed by atoms with Crippen molar-refractivity contribution in [3.05, 3.63) is 29.8 Å². The van der Waals surface area contributed by atoms with Crippen LogP contribution < -0.4 is 15.8 Å². The zero-order chi connectivity index (χ0) is 13.9. The minimum Gasteiger partial charge on any atom is -0.490 e. The van der Waals surface area contributed by atoms with Crippen molar-refractivity contribution in [3.63, 3.8) is 0 Å². The van der Waals surface area contributed by atoms with E-state index in [2.05, 4.69) is 24.4 Å². The summed E-state index contributed by atoms with van der Waals surface area (Å²) in [6.45, 7) is 2.13. The molecule has 2 rings (SSSR count). The molecule has 1 aromatic rings. The molecule has 0 aromatic heterocycles. The van der Waals surface area contributed by atoms with E-state index < -0.39 is 5.54 Å². The smallest absolute Gasteiger partial charge is 0.237 e. The number of hydrogen-bond donors (Lipinski definition) is 2. The first-order chi connectivity index (χ1) is 9.09. The molecule has 0 radical (unpaired) electrons. The molecule has 4 nitrogen and oxygen atoms in total. The highest BCUT2D eigenvalue weighted by atomic mass is 16.5. The number of nitrogens with two attached hydrogens (primary N) is 1. The summed E-state index contributed by atoms with van der Waals surface area (Å²) < 4.78 is 5.93. The van der Waals surface area contributed by atoms with E-state index in [0.29, 0.717) is 6.42 Å². The molecule has 1 fully saturated rings. The van der Waals surface area contributed by atoms with Crippen molar-refractivity contribution in [2.45, 2.75) is 44.2 Å². The van der Waals surface area contributed by atoms with Crippen molar-refractivity contribution in [1.82, 2.24) is 5.32 Å². The molecule has 2 unspecified atom stereocenters. The third kappa shape index (κ3) is 2.89. The predicted molar refractivity (Wildman–Crippen MR) is 75.1 cm³/mol. The van der Waals surface area contributed by atoms with Gasteiger partial charge in [0.2, 0.25) is 5.91 Å². The Morgan fingerprint density at radius 3 is 2.63 bits per heavy atom. The van der Waals surface area contributed by atoms with Crippen LogP contribution in [0.2, 0.25) is 0 Å². The van der Waals surface area contributed by atoms with Gasteiger partial charge < -0.3 is 15.8 Å². The number of rotatable bonds is 5. The van der Waals surface area contributed by atoms with Crippen LogP contribution in [0.5, 0.6) is 5.75 Å². The van der Waals surface area contributed by atoms with Crippen molar-refractivity contribution in [3.8, 4) is 5.75 Å². The summed E-state index contributed by atoms with van der Waals surface area (Å²) in [6, 6.07) is 8.12. The fourth-order valence-electron chi connectivity index (χ4n) is 2.67. The largest absolute Gasteiger partial charge is 0.490 e. The van der Waals surface area contributed by atoms with Crippen molar-refractivity contribution in [2.75, 3.05) is 7.05 Å². The third-order valence-electron chi connectivity index (χ3n) is 4.05. The number of carbonyl (C=O) groups is 1. The Bertz CT molecular complexity index is 444. The van der Waals surface area contributed by atoms with Gasteiger partial charge in [-0.05, 0) is 44.0 Å². The molecule has 1 aliphatic rings. The SMILES string of the molecule is CCc1ccc(OC2CCC(NC)(C(N)=O)C2)cc1. The fourth-order valence-corrected chi connectivity index (χ4v) is 2.67. The lowest BCUT2D eigenvalue weighted by atomic mass is 9.97. The van der Waals surface area contributed by atoms with Crippen LogP contribution in [-0.2, 0) is 11.2 Å². The number of ether oxygens (including phenoxy) is 1. The third-order valence-corrected chi connectivity index (χ3v) is 4.05. The van der Waals surface area contributed by atoms with Gasteiger partial charge in [-0.15, -0.1) is 0 Å². The van der Waals surface area contributed by atoms with Crippen LogP contribution in [0.25, 0.3) is 0 Å². The molecule has 0 bridgehead atoms. The predicted octanol–water partition coefficient (Wildman–Crippen LogP) is 1.62. The van der Waals surface area contributed by atoms with Gasteiger partial charge in [-0.2, -0.15) is 0 Å². The number of nitrogens with one attached hydrogen (secondary N) is 1. The Hall–Kier alpha value is -1.55.